The van der Waals surface area contributed by atoms with Crippen LogP contribution < -0.4 is 10.0 Å². The van der Waals surface area contributed by atoms with Gasteiger partial charge in [-0.2, -0.15) is 4.99 Å². The third kappa shape index (κ3) is 2.52. The van der Waals surface area contributed by atoms with Crippen molar-refractivity contribution in [3.8, 4) is 0 Å². The quantitative estimate of drug-likeness (QED) is 0.878. The summed E-state index contributed by atoms with van der Waals surface area (Å²) in [6, 6.07) is 10.6. The molecule has 0 spiro atoms. The predicted molar refractivity (Wildman–Crippen MR) is 87.1 cm³/mol. The minimum absolute atomic E-state index is 0.0577. The Kier molecular flexibility index (Phi) is 4.02. The first-order chi connectivity index (χ1) is 11.5. The molecular weight excluding hydrogens is 316 g/mol. The Balaban J connectivity index is 2.18. The van der Waals surface area contributed by atoms with Crippen molar-refractivity contribution in [2.24, 2.45) is 4.99 Å². The number of benzene rings is 2. The first-order valence-electron chi connectivity index (χ1n) is 7.33. The molecule has 1 N–H and O–H groups in total. The molecule has 2 atom stereocenters. The first-order valence-corrected chi connectivity index (χ1v) is 7.33. The third-order valence-electron chi connectivity index (χ3n) is 3.78. The van der Waals surface area contributed by atoms with Gasteiger partial charge < -0.3 is 4.74 Å². The van der Waals surface area contributed by atoms with Crippen LogP contribution in [0.25, 0.3) is 0 Å². The second kappa shape index (κ2) is 6.01. The number of hydrogen-bond donors (Lipinski definition) is 1. The molecule has 1 amide bonds. The highest BCUT2D eigenvalue weighted by Crippen LogP contribution is 2.32. The normalized spacial score (nSPS) is 23.1. The molecule has 0 aliphatic carbocycles. The number of nitrogens with zero attached hydrogens (tertiary/aromatic N) is 2. The van der Waals surface area contributed by atoms with E-state index < -0.39 is 22.3 Å². The van der Waals surface area contributed by atoms with Crippen molar-refractivity contribution < 1.29 is 18.3 Å². The smallest absolute Gasteiger partial charge is 0.433 e. The molecule has 3 rings (SSSR count). The van der Waals surface area contributed by atoms with Gasteiger partial charge in [-0.25, -0.2) is 19.0 Å². The van der Waals surface area contributed by atoms with Crippen LogP contribution in [0.15, 0.2) is 53.5 Å². The summed E-state index contributed by atoms with van der Waals surface area (Å²) in [5.41, 5.74) is 3.57. The lowest BCUT2D eigenvalue weighted by Gasteiger charge is -2.30. The second-order valence-corrected chi connectivity index (χ2v) is 5.40. The lowest BCUT2D eigenvalue weighted by Crippen LogP contribution is -2.61. The van der Waals surface area contributed by atoms with Gasteiger partial charge in [0.1, 0.15) is 11.6 Å². The van der Waals surface area contributed by atoms with E-state index in [4.69, 9.17) is 4.74 Å². The molecule has 0 fully saturated rings. The third-order valence-corrected chi connectivity index (χ3v) is 3.78. The van der Waals surface area contributed by atoms with Crippen LogP contribution in [0.4, 0.5) is 20.2 Å². The number of carbonyl (C=O) groups excluding carboxylic acids is 1. The van der Waals surface area contributed by atoms with Gasteiger partial charge in [0.15, 0.2) is 11.7 Å². The van der Waals surface area contributed by atoms with Crippen molar-refractivity contribution in [3.05, 3.63) is 60.2 Å². The number of rotatable bonds is 3. The molecule has 0 bridgehead atoms. The average Bonchev–Trinajstić information content (AvgIpc) is 2.80. The predicted octanol–water partition coefficient (Wildman–Crippen LogP) is 3.23. The maximum Gasteiger partial charge on any atom is 0.433 e. The van der Waals surface area contributed by atoms with E-state index in [-0.39, 0.29) is 17.6 Å². The lowest BCUT2D eigenvalue weighted by molar-refractivity contribution is -0.126. The van der Waals surface area contributed by atoms with Crippen LogP contribution in [0.1, 0.15) is 6.92 Å². The van der Waals surface area contributed by atoms with Crippen LogP contribution in [-0.2, 0) is 9.53 Å². The van der Waals surface area contributed by atoms with Gasteiger partial charge in [-0.3, -0.25) is 0 Å². The number of amidine groups is 1. The topological polar surface area (TPSA) is 50.7 Å². The Bertz CT molecular complexity index is 825. The number of quaternary nitrogens is 1. The summed E-state index contributed by atoms with van der Waals surface area (Å²) in [6.07, 6.45) is 0. The van der Waals surface area contributed by atoms with Gasteiger partial charge >= 0.3 is 11.9 Å². The van der Waals surface area contributed by atoms with Crippen molar-refractivity contribution in [2.75, 3.05) is 12.5 Å². The van der Waals surface area contributed by atoms with E-state index in [1.807, 2.05) is 0 Å². The van der Waals surface area contributed by atoms with Gasteiger partial charge in [-0.05, 0) is 29.7 Å². The maximum atomic E-state index is 13.8. The largest absolute Gasteiger partial charge is 0.438 e. The monoisotopic (exact) mass is 332 g/mol. The summed E-state index contributed by atoms with van der Waals surface area (Å²) in [6.45, 7) is 1.62. The van der Waals surface area contributed by atoms with E-state index in [0.717, 1.165) is 0 Å². The zero-order valence-electron chi connectivity index (χ0n) is 13.2. The molecule has 1 aliphatic heterocycles. The maximum absolute atomic E-state index is 13.8. The molecule has 2 aromatic rings. The molecule has 5 nitrogen and oxygen atoms in total. The number of anilines is 1. The van der Waals surface area contributed by atoms with E-state index in [1.54, 1.807) is 19.1 Å². The van der Waals surface area contributed by atoms with Crippen LogP contribution in [0.3, 0.4) is 0 Å². The van der Waals surface area contributed by atoms with Crippen LogP contribution in [0.2, 0.25) is 0 Å². The molecule has 24 heavy (non-hydrogen) atoms. The molecule has 1 heterocycles. The molecule has 0 saturated carbocycles. The van der Waals surface area contributed by atoms with Gasteiger partial charge in [0.05, 0.1) is 12.8 Å². The number of hydrogen-bond acceptors (Lipinski definition) is 4. The summed E-state index contributed by atoms with van der Waals surface area (Å²) < 4.78 is 31.9. The van der Waals surface area contributed by atoms with Crippen molar-refractivity contribution in [3.63, 3.8) is 0 Å². The van der Waals surface area contributed by atoms with E-state index in [2.05, 4.69) is 10.4 Å². The zero-order valence-corrected chi connectivity index (χ0v) is 13.2. The first kappa shape index (κ1) is 16.1. The number of aliphatic imine (C=N–C) groups is 1. The number of amides is 1. The Morgan fingerprint density at radius 3 is 2.42 bits per heavy atom. The van der Waals surface area contributed by atoms with Crippen LogP contribution in [0.5, 0.6) is 0 Å². The molecule has 7 heteroatoms. The van der Waals surface area contributed by atoms with Crippen molar-refractivity contribution in [1.82, 2.24) is 4.59 Å². The number of nitrogens with one attached hydrogen (secondary N) is 1. The molecule has 0 saturated heterocycles. The van der Waals surface area contributed by atoms with Crippen LogP contribution in [-0.4, -0.2) is 25.1 Å². The molecule has 1 aliphatic rings. The van der Waals surface area contributed by atoms with E-state index >= 15 is 0 Å². The van der Waals surface area contributed by atoms with E-state index in [0.29, 0.717) is 5.69 Å². The van der Waals surface area contributed by atoms with Crippen molar-refractivity contribution in [2.45, 2.75) is 13.0 Å². The Hall–Kier alpha value is -2.80. The van der Waals surface area contributed by atoms with E-state index in [1.165, 1.54) is 43.5 Å². The number of ether oxygens (including phenoxy) is 1. The molecule has 2 aromatic carbocycles. The number of methoxy groups -OCH3 is 1. The van der Waals surface area contributed by atoms with Crippen LogP contribution in [0, 0.1) is 11.6 Å². The molecule has 2 unspecified atom stereocenters. The summed E-state index contributed by atoms with van der Waals surface area (Å²) in [4.78, 5) is 17.1. The Labute approximate surface area is 137 Å². The average molecular weight is 332 g/mol. The molecule has 124 valence electrons. The minimum atomic E-state index is -0.690. The number of carbonyl (C=O) groups is 1. The Morgan fingerprint density at radius 1 is 1.12 bits per heavy atom. The number of halogens is 2. The van der Waals surface area contributed by atoms with Crippen molar-refractivity contribution in [1.29, 1.82) is 0 Å². The van der Waals surface area contributed by atoms with Gasteiger partial charge in [-0.1, -0.05) is 12.1 Å². The summed E-state index contributed by atoms with van der Waals surface area (Å²) in [7, 11) is 1.38. The highest BCUT2D eigenvalue weighted by molar-refractivity contribution is 6.15. The van der Waals surface area contributed by atoms with Gasteiger partial charge in [-0.15, -0.1) is 0 Å². The van der Waals surface area contributed by atoms with Crippen molar-refractivity contribution >= 4 is 23.3 Å². The van der Waals surface area contributed by atoms with Crippen LogP contribution >= 0.6 is 0 Å². The summed E-state index contributed by atoms with van der Waals surface area (Å²) in [5, 5.41) is 0. The summed E-state index contributed by atoms with van der Waals surface area (Å²) >= 11 is 0. The Morgan fingerprint density at radius 2 is 1.79 bits per heavy atom. The minimum Gasteiger partial charge on any atom is -0.438 e. The fourth-order valence-corrected chi connectivity index (χ4v) is 2.71. The zero-order chi connectivity index (χ0) is 17.3. The van der Waals surface area contributed by atoms with Gasteiger partial charge in [0, 0.05) is 18.2 Å². The highest BCUT2D eigenvalue weighted by Gasteiger charge is 2.56. The molecule has 0 aromatic heterocycles. The fraction of sp³-hybridized carbons (Fsp3) is 0.176. The second-order valence-electron chi connectivity index (χ2n) is 5.40. The lowest BCUT2D eigenvalue weighted by atomic mass is 10.2. The van der Waals surface area contributed by atoms with Gasteiger partial charge in [0.25, 0.3) is 0 Å². The van der Waals surface area contributed by atoms with Gasteiger partial charge in [0.2, 0.25) is 0 Å². The highest BCUT2D eigenvalue weighted by atomic mass is 19.1. The molecule has 0 radical (unpaired) electrons. The standard InChI is InChI=1S/C17H16F2N3O2/c1-11-16(23)22(17(20-11)24-2,15-8-4-6-13(19)10-15)21-14-7-3-5-12(18)9-14/h3-11,21H,1-2H3/q+1. The fourth-order valence-electron chi connectivity index (χ4n) is 2.71. The SMILES string of the molecule is COC1=NC(C)C(=O)[N+]1(Nc1cccc(F)c1)c1cccc(F)c1. The molecular formula is C17H16F2N3O2+. The summed E-state index contributed by atoms with van der Waals surface area (Å²) in [5.74, 6) is -1.33. The van der Waals surface area contributed by atoms with E-state index in [9.17, 15) is 13.6 Å².